The van der Waals surface area contributed by atoms with E-state index in [2.05, 4.69) is 10.6 Å². The average Bonchev–Trinajstić information content (AvgIpc) is 2.73. The number of carbonyl (C=O) groups is 3. The Morgan fingerprint density at radius 1 is 0.971 bits per heavy atom. The van der Waals surface area contributed by atoms with Crippen molar-refractivity contribution in [3.8, 4) is 0 Å². The van der Waals surface area contributed by atoms with Gasteiger partial charge < -0.3 is 20.1 Å². The SMILES string of the molecule is CC(OC(=O)Cc1ccccc1Nc1c(Cl)cccc1Cl)C(=O)NCCCC(=O)OC(C)(C)C. The maximum absolute atomic E-state index is 12.5. The van der Waals surface area contributed by atoms with E-state index in [-0.39, 0.29) is 25.4 Å². The topological polar surface area (TPSA) is 93.7 Å². The molecule has 9 heteroatoms. The lowest BCUT2D eigenvalue weighted by Gasteiger charge is -2.19. The summed E-state index contributed by atoms with van der Waals surface area (Å²) in [6.45, 7) is 7.15. The molecule has 0 aliphatic heterocycles. The molecule has 34 heavy (non-hydrogen) atoms. The number of hydrogen-bond donors (Lipinski definition) is 2. The molecule has 2 aromatic rings. The Bertz CT molecular complexity index is 1000. The highest BCUT2D eigenvalue weighted by molar-refractivity contribution is 6.39. The highest BCUT2D eigenvalue weighted by atomic mass is 35.5. The smallest absolute Gasteiger partial charge is 0.311 e. The van der Waals surface area contributed by atoms with Crippen molar-refractivity contribution >= 4 is 52.4 Å². The predicted molar refractivity (Wildman–Crippen MR) is 134 cm³/mol. The summed E-state index contributed by atoms with van der Waals surface area (Å²) in [4.78, 5) is 36.4. The van der Waals surface area contributed by atoms with Crippen molar-refractivity contribution in [1.82, 2.24) is 5.32 Å². The van der Waals surface area contributed by atoms with Gasteiger partial charge in [-0.25, -0.2) is 0 Å². The second-order valence-corrected chi connectivity index (χ2v) is 9.48. The summed E-state index contributed by atoms with van der Waals surface area (Å²) in [5.41, 5.74) is 1.30. The van der Waals surface area contributed by atoms with Crippen molar-refractivity contribution in [3.05, 3.63) is 58.1 Å². The van der Waals surface area contributed by atoms with Gasteiger partial charge >= 0.3 is 11.9 Å². The number of carbonyl (C=O) groups excluding carboxylic acids is 3. The van der Waals surface area contributed by atoms with E-state index >= 15 is 0 Å². The highest BCUT2D eigenvalue weighted by Gasteiger charge is 2.20. The fourth-order valence-electron chi connectivity index (χ4n) is 2.98. The number of nitrogens with one attached hydrogen (secondary N) is 2. The lowest BCUT2D eigenvalue weighted by atomic mass is 10.1. The zero-order valence-electron chi connectivity index (χ0n) is 19.7. The largest absolute Gasteiger partial charge is 0.460 e. The van der Waals surface area contributed by atoms with E-state index < -0.39 is 23.6 Å². The van der Waals surface area contributed by atoms with Crippen LogP contribution in [0.2, 0.25) is 10.0 Å². The lowest BCUT2D eigenvalue weighted by Crippen LogP contribution is -2.37. The molecule has 2 aromatic carbocycles. The molecule has 2 N–H and O–H groups in total. The van der Waals surface area contributed by atoms with Gasteiger partial charge in [-0.2, -0.15) is 0 Å². The summed E-state index contributed by atoms with van der Waals surface area (Å²) in [5.74, 6) is -1.32. The molecule has 1 unspecified atom stereocenters. The van der Waals surface area contributed by atoms with E-state index in [1.807, 2.05) is 6.07 Å². The Labute approximate surface area is 210 Å². The number of rotatable bonds is 10. The standard InChI is InChI=1S/C25H30Cl2N2O5/c1-16(24(32)28-14-8-13-21(30)34-25(2,3)4)33-22(31)15-17-9-5-6-12-20(17)29-23-18(26)10-7-11-19(23)27/h5-7,9-12,16,29H,8,13-15H2,1-4H3,(H,28,32). The average molecular weight is 509 g/mol. The molecule has 0 aliphatic carbocycles. The van der Waals surface area contributed by atoms with Crippen LogP contribution in [0.15, 0.2) is 42.5 Å². The summed E-state index contributed by atoms with van der Waals surface area (Å²) in [6.07, 6.45) is -0.426. The van der Waals surface area contributed by atoms with Gasteiger partial charge in [-0.1, -0.05) is 47.5 Å². The van der Waals surface area contributed by atoms with Crippen molar-refractivity contribution in [3.63, 3.8) is 0 Å². The van der Waals surface area contributed by atoms with E-state index in [1.165, 1.54) is 6.92 Å². The van der Waals surface area contributed by atoms with Gasteiger partial charge in [-0.3, -0.25) is 14.4 Å². The van der Waals surface area contributed by atoms with Crippen LogP contribution < -0.4 is 10.6 Å². The van der Waals surface area contributed by atoms with Crippen molar-refractivity contribution in [2.24, 2.45) is 0 Å². The van der Waals surface area contributed by atoms with Crippen LogP contribution in [0.4, 0.5) is 11.4 Å². The van der Waals surface area contributed by atoms with E-state index in [1.54, 1.807) is 57.2 Å². The van der Waals surface area contributed by atoms with Gasteiger partial charge in [0.2, 0.25) is 0 Å². The number of anilines is 2. The molecular formula is C25H30Cl2N2O5. The number of halogens is 2. The Kier molecular flexibility index (Phi) is 10.2. The molecule has 7 nitrogen and oxygen atoms in total. The first kappa shape index (κ1) is 27.5. The molecule has 0 spiro atoms. The van der Waals surface area contributed by atoms with Crippen molar-refractivity contribution < 1.29 is 23.9 Å². The molecule has 0 heterocycles. The monoisotopic (exact) mass is 508 g/mol. The fourth-order valence-corrected chi connectivity index (χ4v) is 3.47. The van der Waals surface area contributed by atoms with E-state index in [4.69, 9.17) is 32.7 Å². The summed E-state index contributed by atoms with van der Waals surface area (Å²) in [6, 6.07) is 12.3. The predicted octanol–water partition coefficient (Wildman–Crippen LogP) is 5.45. The molecule has 0 saturated heterocycles. The summed E-state index contributed by atoms with van der Waals surface area (Å²) in [5, 5.41) is 6.71. The molecule has 2 rings (SSSR count). The molecule has 0 saturated carbocycles. The van der Waals surface area contributed by atoms with Crippen LogP contribution in [0.5, 0.6) is 0 Å². The molecule has 0 radical (unpaired) electrons. The van der Waals surface area contributed by atoms with E-state index in [0.29, 0.717) is 33.4 Å². The minimum Gasteiger partial charge on any atom is -0.460 e. The number of para-hydroxylation sites is 2. The zero-order chi connectivity index (χ0) is 25.3. The van der Waals surface area contributed by atoms with Crippen LogP contribution in [0.25, 0.3) is 0 Å². The van der Waals surface area contributed by atoms with Crippen LogP contribution in [-0.2, 0) is 30.3 Å². The molecule has 0 aliphatic rings. The van der Waals surface area contributed by atoms with Crippen molar-refractivity contribution in [2.45, 2.75) is 58.7 Å². The third-order valence-electron chi connectivity index (χ3n) is 4.53. The van der Waals surface area contributed by atoms with E-state index in [9.17, 15) is 14.4 Å². The normalized spacial score (nSPS) is 11.9. The Balaban J connectivity index is 1.85. The number of amides is 1. The second-order valence-electron chi connectivity index (χ2n) is 8.67. The van der Waals surface area contributed by atoms with Gasteiger partial charge in [0.05, 0.1) is 22.2 Å². The number of hydrogen-bond acceptors (Lipinski definition) is 6. The maximum Gasteiger partial charge on any atom is 0.311 e. The first-order chi connectivity index (χ1) is 16.0. The first-order valence-electron chi connectivity index (χ1n) is 10.9. The summed E-state index contributed by atoms with van der Waals surface area (Å²) >= 11 is 12.5. The van der Waals surface area contributed by atoms with Gasteiger partial charge in [0, 0.05) is 18.7 Å². The minimum atomic E-state index is -0.979. The quantitative estimate of drug-likeness (QED) is 0.327. The summed E-state index contributed by atoms with van der Waals surface area (Å²) < 4.78 is 10.5. The van der Waals surface area contributed by atoms with Gasteiger partial charge in [-0.15, -0.1) is 0 Å². The first-order valence-corrected chi connectivity index (χ1v) is 11.7. The molecule has 1 atom stereocenters. The molecule has 0 bridgehead atoms. The number of esters is 2. The third kappa shape index (κ3) is 9.23. The highest BCUT2D eigenvalue weighted by Crippen LogP contribution is 2.33. The molecular weight excluding hydrogens is 479 g/mol. The van der Waals surface area contributed by atoms with Crippen molar-refractivity contribution in [1.29, 1.82) is 0 Å². The number of ether oxygens (including phenoxy) is 2. The summed E-state index contributed by atoms with van der Waals surface area (Å²) in [7, 11) is 0. The lowest BCUT2D eigenvalue weighted by molar-refractivity contribution is -0.155. The van der Waals surface area contributed by atoms with Gasteiger partial charge in [0.15, 0.2) is 6.10 Å². The van der Waals surface area contributed by atoms with Crippen LogP contribution in [0.1, 0.15) is 46.1 Å². The Morgan fingerprint density at radius 3 is 2.26 bits per heavy atom. The molecule has 0 fully saturated rings. The zero-order valence-corrected chi connectivity index (χ0v) is 21.3. The fraction of sp³-hybridized carbons (Fsp3) is 0.400. The molecule has 0 aromatic heterocycles. The molecule has 184 valence electrons. The van der Waals surface area contributed by atoms with Gasteiger partial charge in [0.25, 0.3) is 5.91 Å². The van der Waals surface area contributed by atoms with E-state index in [0.717, 1.165) is 0 Å². The van der Waals surface area contributed by atoms with Crippen LogP contribution in [0, 0.1) is 0 Å². The third-order valence-corrected chi connectivity index (χ3v) is 5.16. The van der Waals surface area contributed by atoms with Crippen LogP contribution in [-0.4, -0.2) is 36.1 Å². The van der Waals surface area contributed by atoms with Crippen LogP contribution >= 0.6 is 23.2 Å². The number of benzene rings is 2. The maximum atomic E-state index is 12.5. The van der Waals surface area contributed by atoms with Gasteiger partial charge in [-0.05, 0) is 57.9 Å². The molecule has 1 amide bonds. The van der Waals surface area contributed by atoms with Gasteiger partial charge in [0.1, 0.15) is 5.60 Å². The Hall–Kier alpha value is -2.77. The van der Waals surface area contributed by atoms with Crippen molar-refractivity contribution in [2.75, 3.05) is 11.9 Å². The second kappa shape index (κ2) is 12.6. The minimum absolute atomic E-state index is 0.0541. The Morgan fingerprint density at radius 2 is 1.62 bits per heavy atom. The van der Waals surface area contributed by atoms with Crippen LogP contribution in [0.3, 0.4) is 0 Å².